The Morgan fingerprint density at radius 2 is 2.29 bits per heavy atom. The Morgan fingerprint density at radius 3 is 3.00 bits per heavy atom. The summed E-state index contributed by atoms with van der Waals surface area (Å²) in [6.45, 7) is 0.892. The van der Waals surface area contributed by atoms with Crippen molar-refractivity contribution in [2.75, 3.05) is 13.2 Å². The first-order chi connectivity index (χ1) is 10.2. The molecule has 110 valence electrons. The number of nitriles is 1. The lowest BCUT2D eigenvalue weighted by atomic mass is 10.2. The number of rotatable bonds is 7. The van der Waals surface area contributed by atoms with E-state index in [1.807, 2.05) is 6.07 Å². The Labute approximate surface area is 125 Å². The van der Waals surface area contributed by atoms with Crippen LogP contribution in [0, 0.1) is 11.3 Å². The largest absolute Gasteiger partial charge is 0.489 e. The van der Waals surface area contributed by atoms with Gasteiger partial charge in [0, 0.05) is 24.2 Å². The zero-order valence-electron chi connectivity index (χ0n) is 11.2. The maximum absolute atomic E-state index is 10.9. The molecule has 0 amide bonds. The van der Waals surface area contributed by atoms with Gasteiger partial charge in [-0.15, -0.1) is 0 Å². The minimum Gasteiger partial charge on any atom is -0.489 e. The fraction of sp³-hybridized carbons (Fsp3) is 0.286. The standard InChI is InChI=1S/C14H15N3O3S/c15-5-10-3-1-2-4-13(10)20-8-12(18)7-16-6-11-9-21-14(19)17-11/h1-4,9,12,16,18H,6-8H2,(H,17,19). The molecule has 0 saturated heterocycles. The fourth-order valence-electron chi connectivity index (χ4n) is 1.70. The number of aliphatic hydroxyl groups is 1. The normalized spacial score (nSPS) is 11.8. The molecule has 0 aliphatic rings. The van der Waals surface area contributed by atoms with Crippen LogP contribution in [0.5, 0.6) is 5.75 Å². The summed E-state index contributed by atoms with van der Waals surface area (Å²) in [4.78, 5) is 13.5. The lowest BCUT2D eigenvalue weighted by Crippen LogP contribution is -2.31. The molecule has 7 heteroatoms. The smallest absolute Gasteiger partial charge is 0.304 e. The molecular formula is C14H15N3O3S. The van der Waals surface area contributed by atoms with Crippen LogP contribution in [0.15, 0.2) is 34.4 Å². The van der Waals surface area contributed by atoms with Crippen LogP contribution < -0.4 is 14.9 Å². The lowest BCUT2D eigenvalue weighted by molar-refractivity contribution is 0.106. The third-order valence-electron chi connectivity index (χ3n) is 2.70. The average molecular weight is 305 g/mol. The highest BCUT2D eigenvalue weighted by atomic mass is 32.1. The molecule has 0 radical (unpaired) electrons. The monoisotopic (exact) mass is 305 g/mol. The number of thiazole rings is 1. The summed E-state index contributed by atoms with van der Waals surface area (Å²) < 4.78 is 5.43. The van der Waals surface area contributed by atoms with Crippen LogP contribution in [0.3, 0.4) is 0 Å². The van der Waals surface area contributed by atoms with Crippen molar-refractivity contribution >= 4 is 11.3 Å². The van der Waals surface area contributed by atoms with Crippen molar-refractivity contribution in [3.05, 3.63) is 50.6 Å². The minimum absolute atomic E-state index is 0.0891. The average Bonchev–Trinajstić information content (AvgIpc) is 2.91. The molecule has 21 heavy (non-hydrogen) atoms. The van der Waals surface area contributed by atoms with E-state index in [1.54, 1.807) is 29.6 Å². The van der Waals surface area contributed by atoms with Crippen molar-refractivity contribution in [1.29, 1.82) is 5.26 Å². The Bertz CT molecular complexity index is 674. The molecule has 2 rings (SSSR count). The Kier molecular flexibility index (Phi) is 5.51. The SMILES string of the molecule is N#Cc1ccccc1OCC(O)CNCc1csc(=O)[nH]1. The van der Waals surface area contributed by atoms with Crippen LogP contribution in [0.2, 0.25) is 0 Å². The Morgan fingerprint density at radius 1 is 1.48 bits per heavy atom. The van der Waals surface area contributed by atoms with Gasteiger partial charge in [0.1, 0.15) is 24.5 Å². The quantitative estimate of drug-likeness (QED) is 0.704. The molecule has 0 bridgehead atoms. The number of hydrogen-bond donors (Lipinski definition) is 3. The third kappa shape index (κ3) is 4.72. The Balaban J connectivity index is 1.73. The molecule has 0 spiro atoms. The van der Waals surface area contributed by atoms with Gasteiger partial charge < -0.3 is 20.1 Å². The molecule has 1 aromatic heterocycles. The van der Waals surface area contributed by atoms with Gasteiger partial charge in [-0.05, 0) is 12.1 Å². The molecule has 1 atom stereocenters. The van der Waals surface area contributed by atoms with Crippen molar-refractivity contribution in [3.63, 3.8) is 0 Å². The van der Waals surface area contributed by atoms with Crippen molar-refractivity contribution in [2.45, 2.75) is 12.6 Å². The van der Waals surface area contributed by atoms with Gasteiger partial charge in [-0.25, -0.2) is 0 Å². The molecule has 0 fully saturated rings. The first-order valence-electron chi connectivity index (χ1n) is 6.36. The lowest BCUT2D eigenvalue weighted by Gasteiger charge is -2.13. The molecule has 1 aromatic carbocycles. The van der Waals surface area contributed by atoms with E-state index in [0.29, 0.717) is 24.4 Å². The third-order valence-corrected chi connectivity index (χ3v) is 3.42. The summed E-state index contributed by atoms with van der Waals surface area (Å²) >= 11 is 1.11. The van der Waals surface area contributed by atoms with Crippen LogP contribution in [0.4, 0.5) is 0 Å². The van der Waals surface area contributed by atoms with Crippen molar-refractivity contribution < 1.29 is 9.84 Å². The van der Waals surface area contributed by atoms with E-state index >= 15 is 0 Å². The fourth-order valence-corrected chi connectivity index (χ4v) is 2.29. The first kappa shape index (κ1) is 15.3. The van der Waals surface area contributed by atoms with E-state index in [2.05, 4.69) is 10.3 Å². The number of H-pyrrole nitrogens is 1. The number of aliphatic hydroxyl groups excluding tert-OH is 1. The van der Waals surface area contributed by atoms with Crippen LogP contribution in [-0.2, 0) is 6.54 Å². The summed E-state index contributed by atoms with van der Waals surface area (Å²) in [6.07, 6.45) is -0.706. The van der Waals surface area contributed by atoms with E-state index in [-0.39, 0.29) is 11.5 Å². The van der Waals surface area contributed by atoms with Gasteiger partial charge >= 0.3 is 4.87 Å². The minimum atomic E-state index is -0.706. The maximum atomic E-state index is 10.9. The number of aromatic nitrogens is 1. The second-order valence-electron chi connectivity index (χ2n) is 4.38. The molecule has 3 N–H and O–H groups in total. The van der Waals surface area contributed by atoms with Crippen molar-refractivity contribution in [1.82, 2.24) is 10.3 Å². The molecule has 0 saturated carbocycles. The van der Waals surface area contributed by atoms with E-state index in [0.717, 1.165) is 17.0 Å². The van der Waals surface area contributed by atoms with Crippen molar-refractivity contribution in [2.24, 2.45) is 0 Å². The second kappa shape index (κ2) is 7.59. The van der Waals surface area contributed by atoms with Gasteiger partial charge in [0.15, 0.2) is 0 Å². The van der Waals surface area contributed by atoms with E-state index < -0.39 is 6.10 Å². The van der Waals surface area contributed by atoms with Gasteiger partial charge in [-0.3, -0.25) is 4.79 Å². The summed E-state index contributed by atoms with van der Waals surface area (Å²) in [5, 5.41) is 23.5. The molecule has 0 aliphatic heterocycles. The zero-order valence-corrected chi connectivity index (χ0v) is 12.0. The second-order valence-corrected chi connectivity index (χ2v) is 5.22. The highest BCUT2D eigenvalue weighted by molar-refractivity contribution is 7.07. The van der Waals surface area contributed by atoms with E-state index in [9.17, 15) is 9.90 Å². The number of para-hydroxylation sites is 1. The predicted molar refractivity (Wildman–Crippen MR) is 79.3 cm³/mol. The summed E-state index contributed by atoms with van der Waals surface area (Å²) in [5.41, 5.74) is 1.22. The van der Waals surface area contributed by atoms with Gasteiger partial charge in [-0.2, -0.15) is 5.26 Å². The molecule has 2 aromatic rings. The highest BCUT2D eigenvalue weighted by Crippen LogP contribution is 2.16. The zero-order chi connectivity index (χ0) is 15.1. The number of hydrogen-bond acceptors (Lipinski definition) is 6. The summed E-state index contributed by atoms with van der Waals surface area (Å²) in [7, 11) is 0. The predicted octanol–water partition coefficient (Wildman–Crippen LogP) is 0.838. The van der Waals surface area contributed by atoms with Crippen LogP contribution in [-0.4, -0.2) is 29.3 Å². The summed E-state index contributed by atoms with van der Waals surface area (Å²) in [5.74, 6) is 0.459. The number of nitrogens with zero attached hydrogens (tertiary/aromatic N) is 1. The molecular weight excluding hydrogens is 290 g/mol. The van der Waals surface area contributed by atoms with Crippen molar-refractivity contribution in [3.8, 4) is 11.8 Å². The molecule has 6 nitrogen and oxygen atoms in total. The first-order valence-corrected chi connectivity index (χ1v) is 7.24. The number of ether oxygens (including phenoxy) is 1. The molecule has 1 heterocycles. The maximum Gasteiger partial charge on any atom is 0.304 e. The number of aromatic amines is 1. The number of benzene rings is 1. The summed E-state index contributed by atoms with van der Waals surface area (Å²) in [6, 6.07) is 8.91. The Hall–Kier alpha value is -2.14. The van der Waals surface area contributed by atoms with Gasteiger partial charge in [0.25, 0.3) is 0 Å². The van der Waals surface area contributed by atoms with Crippen LogP contribution in [0.1, 0.15) is 11.3 Å². The van der Waals surface area contributed by atoms with Gasteiger partial charge in [-0.1, -0.05) is 23.5 Å². The molecule has 1 unspecified atom stereocenters. The van der Waals surface area contributed by atoms with E-state index in [4.69, 9.17) is 10.00 Å². The highest BCUT2D eigenvalue weighted by Gasteiger charge is 2.07. The van der Waals surface area contributed by atoms with Crippen LogP contribution >= 0.6 is 11.3 Å². The van der Waals surface area contributed by atoms with Crippen LogP contribution in [0.25, 0.3) is 0 Å². The molecule has 0 aliphatic carbocycles. The van der Waals surface area contributed by atoms with E-state index in [1.165, 1.54) is 0 Å². The van der Waals surface area contributed by atoms with Gasteiger partial charge in [0.05, 0.1) is 5.56 Å². The number of nitrogens with one attached hydrogen (secondary N) is 2. The van der Waals surface area contributed by atoms with Gasteiger partial charge in [0.2, 0.25) is 0 Å². The topological polar surface area (TPSA) is 98.1 Å².